The van der Waals surface area contributed by atoms with Crippen LogP contribution in [-0.2, 0) is 6.11 Å². The molecule has 1 fully saturated rings. The molecule has 0 spiro atoms. The zero-order chi connectivity index (χ0) is 33.2. The van der Waals surface area contributed by atoms with Crippen LogP contribution in [0.5, 0.6) is 5.75 Å². The first-order chi connectivity index (χ1) is 21.9. The minimum atomic E-state index is -4.71. The van der Waals surface area contributed by atoms with Crippen molar-refractivity contribution in [3.05, 3.63) is 124 Å². The van der Waals surface area contributed by atoms with Crippen LogP contribution in [0.15, 0.2) is 72.8 Å². The van der Waals surface area contributed by atoms with E-state index in [1.165, 1.54) is 12.1 Å². The van der Waals surface area contributed by atoms with Crippen LogP contribution >= 0.6 is 11.6 Å². The Morgan fingerprint density at radius 3 is 1.87 bits per heavy atom. The number of allylic oxidation sites excluding steroid dienone is 2. The van der Waals surface area contributed by atoms with Crippen molar-refractivity contribution in [2.24, 2.45) is 5.92 Å². The van der Waals surface area contributed by atoms with Gasteiger partial charge in [-0.25, -0.2) is 26.3 Å². The molecule has 1 aliphatic rings. The van der Waals surface area contributed by atoms with E-state index >= 15 is 8.78 Å². The van der Waals surface area contributed by atoms with Crippen molar-refractivity contribution in [3.8, 4) is 28.0 Å². The molecule has 0 bridgehead atoms. The van der Waals surface area contributed by atoms with Gasteiger partial charge in [0.1, 0.15) is 51.2 Å². The summed E-state index contributed by atoms with van der Waals surface area (Å²) in [5, 5.41) is -0.978. The second-order valence-corrected chi connectivity index (χ2v) is 11.8. The Balaban J connectivity index is 1.33. The molecular weight excluding hydrogens is 636 g/mol. The summed E-state index contributed by atoms with van der Waals surface area (Å²) in [6.45, 7) is 2.00. The first-order valence-electron chi connectivity index (χ1n) is 14.8. The number of alkyl halides is 2. The standard InChI is InChI=1S/C36H29ClF8O/c1-2-3-4-5-20-6-8-21(9-7-20)22-10-12-26(28(38)14-22)23-11-13-27(29(39)15-23)24-16-30(40)34(31(41)17-24)36(44,45)46-25-18-32(42)35(37)33(43)19-25/h2-3,10-21H,4-9H2,1H3/b3-2+. The van der Waals surface area contributed by atoms with E-state index in [9.17, 15) is 26.3 Å². The molecule has 0 heterocycles. The summed E-state index contributed by atoms with van der Waals surface area (Å²) in [5.74, 6) is -8.13. The second kappa shape index (κ2) is 13.9. The van der Waals surface area contributed by atoms with Crippen LogP contribution in [-0.4, -0.2) is 0 Å². The maximum absolute atomic E-state index is 15.3. The van der Waals surface area contributed by atoms with E-state index in [1.54, 1.807) is 6.07 Å². The average Bonchev–Trinajstić information content (AvgIpc) is 2.99. The second-order valence-electron chi connectivity index (χ2n) is 11.4. The van der Waals surface area contributed by atoms with Crippen molar-refractivity contribution in [2.45, 2.75) is 57.5 Å². The topological polar surface area (TPSA) is 9.23 Å². The number of hydrogen-bond donors (Lipinski definition) is 0. The van der Waals surface area contributed by atoms with Gasteiger partial charge in [0.15, 0.2) is 0 Å². The normalized spacial score (nSPS) is 17.1. The van der Waals surface area contributed by atoms with E-state index in [4.69, 9.17) is 11.6 Å². The SMILES string of the molecule is C/C=C/CCC1CCC(c2ccc(-c3ccc(-c4cc(F)c(C(F)(F)Oc5cc(F)c(Cl)c(F)c5)c(F)c4)c(F)c3)c(F)c2)CC1. The lowest BCUT2D eigenvalue weighted by Crippen LogP contribution is -2.25. The van der Waals surface area contributed by atoms with Crippen LogP contribution in [0, 0.1) is 40.8 Å². The molecular formula is C36H29ClF8O. The monoisotopic (exact) mass is 664 g/mol. The summed E-state index contributed by atoms with van der Waals surface area (Å²) in [6.07, 6.45) is 5.79. The van der Waals surface area contributed by atoms with Gasteiger partial charge in [-0.1, -0.05) is 48.0 Å². The number of hydrogen-bond acceptors (Lipinski definition) is 1. The molecule has 1 aliphatic carbocycles. The first-order valence-corrected chi connectivity index (χ1v) is 15.2. The van der Waals surface area contributed by atoms with Crippen molar-refractivity contribution in [3.63, 3.8) is 0 Å². The van der Waals surface area contributed by atoms with Gasteiger partial charge in [-0.15, -0.1) is 0 Å². The highest BCUT2D eigenvalue weighted by Crippen LogP contribution is 2.41. The Labute approximate surface area is 266 Å². The predicted octanol–water partition coefficient (Wildman–Crippen LogP) is 12.3. The van der Waals surface area contributed by atoms with E-state index < -0.39 is 62.9 Å². The highest BCUT2D eigenvalue weighted by molar-refractivity contribution is 6.30. The molecule has 0 saturated heterocycles. The largest absolute Gasteiger partial charge is 0.432 e. The van der Waals surface area contributed by atoms with E-state index in [-0.39, 0.29) is 22.6 Å². The van der Waals surface area contributed by atoms with E-state index in [2.05, 4.69) is 16.9 Å². The minimum Gasteiger partial charge on any atom is -0.429 e. The van der Waals surface area contributed by atoms with Crippen LogP contribution in [0.1, 0.15) is 62.5 Å². The summed E-state index contributed by atoms with van der Waals surface area (Å²) in [6, 6.07) is 9.98. The zero-order valence-corrected chi connectivity index (χ0v) is 25.4. The number of rotatable bonds is 9. The van der Waals surface area contributed by atoms with Crippen LogP contribution in [0.25, 0.3) is 22.3 Å². The third-order valence-electron chi connectivity index (χ3n) is 8.42. The minimum absolute atomic E-state index is 0.133. The van der Waals surface area contributed by atoms with E-state index in [0.717, 1.165) is 56.2 Å². The smallest absolute Gasteiger partial charge is 0.429 e. The van der Waals surface area contributed by atoms with Gasteiger partial charge in [0, 0.05) is 23.3 Å². The molecule has 0 N–H and O–H groups in total. The molecule has 0 atom stereocenters. The molecule has 0 aromatic heterocycles. The molecule has 4 aromatic rings. The Hall–Kier alpha value is -3.85. The van der Waals surface area contributed by atoms with Gasteiger partial charge in [-0.2, -0.15) is 8.78 Å². The predicted molar refractivity (Wildman–Crippen MR) is 162 cm³/mol. The van der Waals surface area contributed by atoms with E-state index in [1.807, 2.05) is 13.0 Å². The lowest BCUT2D eigenvalue weighted by atomic mass is 9.77. The Morgan fingerprint density at radius 2 is 1.28 bits per heavy atom. The van der Waals surface area contributed by atoms with Crippen molar-refractivity contribution >= 4 is 11.6 Å². The quantitative estimate of drug-likeness (QED) is 0.0983. The van der Waals surface area contributed by atoms with Gasteiger partial charge in [-0.3, -0.25) is 0 Å². The fourth-order valence-corrected chi connectivity index (χ4v) is 6.13. The first kappa shape index (κ1) is 33.5. The Bertz CT molecular complexity index is 1720. The lowest BCUT2D eigenvalue weighted by Gasteiger charge is -2.28. The third kappa shape index (κ3) is 7.25. The summed E-state index contributed by atoms with van der Waals surface area (Å²) in [5.41, 5.74) is -1.41. The molecule has 46 heavy (non-hydrogen) atoms. The van der Waals surface area contributed by atoms with Gasteiger partial charge in [-0.05, 0) is 98.2 Å². The molecule has 0 unspecified atom stereocenters. The molecule has 1 saturated carbocycles. The zero-order valence-electron chi connectivity index (χ0n) is 24.6. The Morgan fingerprint density at radius 1 is 0.717 bits per heavy atom. The summed E-state index contributed by atoms with van der Waals surface area (Å²) < 4.78 is 121. The van der Waals surface area contributed by atoms with Crippen molar-refractivity contribution in [1.82, 2.24) is 0 Å². The van der Waals surface area contributed by atoms with Crippen LogP contribution < -0.4 is 4.74 Å². The lowest BCUT2D eigenvalue weighted by molar-refractivity contribution is -0.189. The van der Waals surface area contributed by atoms with Gasteiger partial charge in [0.05, 0.1) is 0 Å². The fraction of sp³-hybridized carbons (Fsp3) is 0.278. The molecule has 242 valence electrons. The number of benzene rings is 4. The number of halogens is 9. The molecule has 1 nitrogen and oxygen atoms in total. The van der Waals surface area contributed by atoms with Crippen LogP contribution in [0.3, 0.4) is 0 Å². The summed E-state index contributed by atoms with van der Waals surface area (Å²) >= 11 is 5.32. The maximum Gasteiger partial charge on any atom is 0.432 e. The Kier molecular flexibility index (Phi) is 10.1. The van der Waals surface area contributed by atoms with Gasteiger partial charge in [0.25, 0.3) is 0 Å². The summed E-state index contributed by atoms with van der Waals surface area (Å²) in [4.78, 5) is 0. The highest BCUT2D eigenvalue weighted by Gasteiger charge is 2.41. The molecule has 5 rings (SSSR count). The fourth-order valence-electron chi connectivity index (χ4n) is 6.02. The number of ether oxygens (including phenoxy) is 1. The van der Waals surface area contributed by atoms with Crippen LogP contribution in [0.2, 0.25) is 5.02 Å². The molecule has 4 aromatic carbocycles. The molecule has 0 radical (unpaired) electrons. The molecule has 10 heteroatoms. The van der Waals surface area contributed by atoms with Gasteiger partial charge < -0.3 is 4.74 Å². The average molecular weight is 665 g/mol. The molecule has 0 aliphatic heterocycles. The van der Waals surface area contributed by atoms with Crippen LogP contribution in [0.4, 0.5) is 35.1 Å². The van der Waals surface area contributed by atoms with Gasteiger partial charge in [0.2, 0.25) is 0 Å². The summed E-state index contributed by atoms with van der Waals surface area (Å²) in [7, 11) is 0. The third-order valence-corrected chi connectivity index (χ3v) is 8.78. The van der Waals surface area contributed by atoms with Crippen molar-refractivity contribution in [2.75, 3.05) is 0 Å². The van der Waals surface area contributed by atoms with Gasteiger partial charge >= 0.3 is 6.11 Å². The maximum atomic E-state index is 15.3. The highest BCUT2D eigenvalue weighted by atomic mass is 35.5. The van der Waals surface area contributed by atoms with Crippen molar-refractivity contribution in [1.29, 1.82) is 0 Å². The van der Waals surface area contributed by atoms with Crippen molar-refractivity contribution < 1.29 is 39.9 Å². The molecule has 0 amide bonds. The van der Waals surface area contributed by atoms with E-state index in [0.29, 0.717) is 30.2 Å².